The van der Waals surface area contributed by atoms with Crippen LogP contribution < -0.4 is 0 Å². The van der Waals surface area contributed by atoms with Crippen LogP contribution in [-0.4, -0.2) is 53.5 Å². The molecule has 25 heavy (non-hydrogen) atoms. The predicted octanol–water partition coefficient (Wildman–Crippen LogP) is 2.63. The topological polar surface area (TPSA) is 43.8 Å². The SMILES string of the molecule is Cc1ccc(C(O)CN2CCN(C(=O)c3ccccc3F)CC2)cc1. The Morgan fingerprint density at radius 3 is 2.36 bits per heavy atom. The van der Waals surface area contributed by atoms with E-state index in [9.17, 15) is 14.3 Å². The molecule has 1 amide bonds. The van der Waals surface area contributed by atoms with Crippen molar-refractivity contribution in [1.82, 2.24) is 9.80 Å². The van der Waals surface area contributed by atoms with E-state index in [2.05, 4.69) is 4.90 Å². The maximum Gasteiger partial charge on any atom is 0.256 e. The van der Waals surface area contributed by atoms with E-state index in [4.69, 9.17) is 0 Å². The van der Waals surface area contributed by atoms with E-state index in [1.807, 2.05) is 31.2 Å². The Bertz CT molecular complexity index is 725. The Hall–Kier alpha value is -2.24. The summed E-state index contributed by atoms with van der Waals surface area (Å²) >= 11 is 0. The molecule has 1 heterocycles. The zero-order valence-corrected chi connectivity index (χ0v) is 14.4. The lowest BCUT2D eigenvalue weighted by Crippen LogP contribution is -2.49. The summed E-state index contributed by atoms with van der Waals surface area (Å²) in [5, 5.41) is 10.4. The molecule has 1 atom stereocenters. The zero-order valence-electron chi connectivity index (χ0n) is 14.4. The van der Waals surface area contributed by atoms with Gasteiger partial charge in [-0.05, 0) is 24.6 Å². The normalized spacial score (nSPS) is 16.7. The molecule has 0 radical (unpaired) electrons. The number of rotatable bonds is 4. The zero-order chi connectivity index (χ0) is 17.8. The molecule has 4 nitrogen and oxygen atoms in total. The van der Waals surface area contributed by atoms with Gasteiger partial charge in [0.15, 0.2) is 0 Å². The van der Waals surface area contributed by atoms with Gasteiger partial charge < -0.3 is 10.0 Å². The number of β-amino-alcohol motifs (C(OH)–C–C–N with tert-alkyl or cyclic N) is 1. The minimum absolute atomic E-state index is 0.121. The highest BCUT2D eigenvalue weighted by atomic mass is 19.1. The average Bonchev–Trinajstić information content (AvgIpc) is 2.63. The number of amides is 1. The molecule has 5 heteroatoms. The van der Waals surface area contributed by atoms with Crippen LogP contribution in [0.3, 0.4) is 0 Å². The predicted molar refractivity (Wildman–Crippen MR) is 94.9 cm³/mol. The van der Waals surface area contributed by atoms with Crippen molar-refractivity contribution in [3.05, 3.63) is 71.0 Å². The number of aliphatic hydroxyl groups excluding tert-OH is 1. The molecule has 1 aliphatic heterocycles. The number of benzene rings is 2. The lowest BCUT2D eigenvalue weighted by atomic mass is 10.1. The fourth-order valence-electron chi connectivity index (χ4n) is 3.08. The first-order valence-electron chi connectivity index (χ1n) is 8.55. The summed E-state index contributed by atoms with van der Waals surface area (Å²) in [6.07, 6.45) is -0.547. The number of nitrogens with zero attached hydrogens (tertiary/aromatic N) is 2. The first-order chi connectivity index (χ1) is 12.0. The van der Waals surface area contributed by atoms with Gasteiger partial charge in [0, 0.05) is 32.7 Å². The van der Waals surface area contributed by atoms with Crippen molar-refractivity contribution < 1.29 is 14.3 Å². The largest absolute Gasteiger partial charge is 0.387 e. The maximum atomic E-state index is 13.8. The van der Waals surface area contributed by atoms with Gasteiger partial charge >= 0.3 is 0 Å². The number of hydrogen-bond acceptors (Lipinski definition) is 3. The van der Waals surface area contributed by atoms with Crippen molar-refractivity contribution in [3.63, 3.8) is 0 Å². The lowest BCUT2D eigenvalue weighted by Gasteiger charge is -2.35. The van der Waals surface area contributed by atoms with Gasteiger partial charge in [0.2, 0.25) is 0 Å². The number of aliphatic hydroxyl groups is 1. The number of hydrogen-bond donors (Lipinski definition) is 1. The van der Waals surface area contributed by atoms with Crippen LogP contribution in [0.1, 0.15) is 27.6 Å². The highest BCUT2D eigenvalue weighted by molar-refractivity contribution is 5.94. The van der Waals surface area contributed by atoms with Crippen molar-refractivity contribution in [2.75, 3.05) is 32.7 Å². The Morgan fingerprint density at radius 2 is 1.72 bits per heavy atom. The van der Waals surface area contributed by atoms with Crippen LogP contribution in [0.4, 0.5) is 4.39 Å². The third-order valence-corrected chi connectivity index (χ3v) is 4.66. The van der Waals surface area contributed by atoms with Crippen molar-refractivity contribution in [3.8, 4) is 0 Å². The molecule has 0 bridgehead atoms. The fraction of sp³-hybridized carbons (Fsp3) is 0.350. The van der Waals surface area contributed by atoms with Crippen LogP contribution in [0.5, 0.6) is 0 Å². The summed E-state index contributed by atoms with van der Waals surface area (Å²) in [4.78, 5) is 16.2. The maximum absolute atomic E-state index is 13.8. The van der Waals surface area contributed by atoms with Crippen LogP contribution >= 0.6 is 0 Å². The van der Waals surface area contributed by atoms with E-state index < -0.39 is 11.9 Å². The van der Waals surface area contributed by atoms with Gasteiger partial charge in [-0.2, -0.15) is 0 Å². The highest BCUT2D eigenvalue weighted by Crippen LogP contribution is 2.17. The molecule has 0 aromatic heterocycles. The van der Waals surface area contributed by atoms with Gasteiger partial charge in [0.05, 0.1) is 11.7 Å². The van der Waals surface area contributed by atoms with Gasteiger partial charge in [-0.1, -0.05) is 42.0 Å². The van der Waals surface area contributed by atoms with Crippen molar-refractivity contribution in [2.24, 2.45) is 0 Å². The molecule has 1 fully saturated rings. The second-order valence-corrected chi connectivity index (χ2v) is 6.50. The third kappa shape index (κ3) is 4.24. The second kappa shape index (κ2) is 7.76. The molecule has 1 saturated heterocycles. The summed E-state index contributed by atoms with van der Waals surface area (Å²) in [5.74, 6) is -0.749. The number of halogens is 1. The first kappa shape index (κ1) is 17.6. The van der Waals surface area contributed by atoms with E-state index in [1.165, 1.54) is 12.1 Å². The van der Waals surface area contributed by atoms with Gasteiger partial charge in [0.25, 0.3) is 5.91 Å². The van der Waals surface area contributed by atoms with Crippen LogP contribution in [-0.2, 0) is 0 Å². The van der Waals surface area contributed by atoms with Gasteiger partial charge in [-0.15, -0.1) is 0 Å². The van der Waals surface area contributed by atoms with Crippen molar-refractivity contribution in [1.29, 1.82) is 0 Å². The van der Waals surface area contributed by atoms with Gasteiger partial charge in [-0.3, -0.25) is 9.69 Å². The smallest absolute Gasteiger partial charge is 0.256 e. The fourth-order valence-corrected chi connectivity index (χ4v) is 3.08. The lowest BCUT2D eigenvalue weighted by molar-refractivity contribution is 0.0524. The molecular weight excluding hydrogens is 319 g/mol. The number of carbonyl (C=O) groups excluding carboxylic acids is 1. The Morgan fingerprint density at radius 1 is 1.08 bits per heavy atom. The second-order valence-electron chi connectivity index (χ2n) is 6.50. The number of carbonyl (C=O) groups is 1. The monoisotopic (exact) mass is 342 g/mol. The van der Waals surface area contributed by atoms with Crippen LogP contribution in [0.15, 0.2) is 48.5 Å². The number of piperazine rings is 1. The van der Waals surface area contributed by atoms with E-state index in [1.54, 1.807) is 17.0 Å². The molecule has 1 aliphatic rings. The molecule has 0 saturated carbocycles. The number of aryl methyl sites for hydroxylation is 1. The van der Waals surface area contributed by atoms with Gasteiger partial charge in [0.1, 0.15) is 5.82 Å². The standard InChI is InChI=1S/C20H23FN2O2/c1-15-6-8-16(9-7-15)19(24)14-22-10-12-23(13-11-22)20(25)17-4-2-3-5-18(17)21/h2-9,19,24H,10-14H2,1H3. The van der Waals surface area contributed by atoms with E-state index in [0.717, 1.165) is 11.1 Å². The van der Waals surface area contributed by atoms with E-state index in [0.29, 0.717) is 32.7 Å². The quantitative estimate of drug-likeness (QED) is 0.929. The highest BCUT2D eigenvalue weighted by Gasteiger charge is 2.25. The Balaban J connectivity index is 1.54. The average molecular weight is 342 g/mol. The summed E-state index contributed by atoms with van der Waals surface area (Å²) in [6.45, 7) is 4.96. The van der Waals surface area contributed by atoms with Crippen molar-refractivity contribution >= 4 is 5.91 Å². The summed E-state index contributed by atoms with van der Waals surface area (Å²) in [6, 6.07) is 13.9. The Kier molecular flexibility index (Phi) is 5.46. The summed E-state index contributed by atoms with van der Waals surface area (Å²) < 4.78 is 13.8. The third-order valence-electron chi connectivity index (χ3n) is 4.66. The first-order valence-corrected chi connectivity index (χ1v) is 8.55. The van der Waals surface area contributed by atoms with Crippen molar-refractivity contribution in [2.45, 2.75) is 13.0 Å². The van der Waals surface area contributed by atoms with Crippen LogP contribution in [0.2, 0.25) is 0 Å². The summed E-state index contributed by atoms with van der Waals surface area (Å²) in [5.41, 5.74) is 2.18. The molecule has 2 aromatic rings. The molecule has 3 rings (SSSR count). The Labute approximate surface area is 147 Å². The molecule has 0 aliphatic carbocycles. The van der Waals surface area contributed by atoms with Gasteiger partial charge in [-0.25, -0.2) is 4.39 Å². The van der Waals surface area contributed by atoms with E-state index in [-0.39, 0.29) is 11.5 Å². The molecule has 1 unspecified atom stereocenters. The molecule has 1 N–H and O–H groups in total. The van der Waals surface area contributed by atoms with E-state index >= 15 is 0 Å². The molecular formula is C20H23FN2O2. The molecule has 132 valence electrons. The van der Waals surface area contributed by atoms with Crippen LogP contribution in [0.25, 0.3) is 0 Å². The van der Waals surface area contributed by atoms with Crippen LogP contribution in [0, 0.1) is 12.7 Å². The minimum atomic E-state index is -0.547. The molecule has 2 aromatic carbocycles. The summed E-state index contributed by atoms with van der Waals surface area (Å²) in [7, 11) is 0. The molecule has 0 spiro atoms. The minimum Gasteiger partial charge on any atom is -0.387 e.